The Balaban J connectivity index is 2.02. The van der Waals surface area contributed by atoms with Crippen LogP contribution in [0, 0.1) is 6.92 Å². The lowest BCUT2D eigenvalue weighted by atomic mass is 10.1. The van der Waals surface area contributed by atoms with Crippen molar-refractivity contribution in [1.29, 1.82) is 0 Å². The van der Waals surface area contributed by atoms with Gasteiger partial charge in [-0.2, -0.15) is 0 Å². The molecule has 1 heterocycles. The molecule has 1 aliphatic heterocycles. The molecule has 1 fully saturated rings. The van der Waals surface area contributed by atoms with E-state index in [0.29, 0.717) is 16.3 Å². The summed E-state index contributed by atoms with van der Waals surface area (Å²) in [6, 6.07) is 11.1. The molecule has 126 valence electrons. The summed E-state index contributed by atoms with van der Waals surface area (Å²) in [4.78, 5) is 37.9. The van der Waals surface area contributed by atoms with E-state index in [2.05, 4.69) is 21.2 Å². The highest BCUT2D eigenvalue weighted by atomic mass is 79.9. The van der Waals surface area contributed by atoms with Gasteiger partial charge >= 0.3 is 6.03 Å². The summed E-state index contributed by atoms with van der Waals surface area (Å²) in [6.07, 6.45) is 1.44. The Hall–Kier alpha value is -2.44. The third-order valence-corrected chi connectivity index (χ3v) is 4.63. The van der Waals surface area contributed by atoms with Crippen LogP contribution in [-0.2, 0) is 9.59 Å². The van der Waals surface area contributed by atoms with Crippen LogP contribution in [0.5, 0.6) is 0 Å². The Morgan fingerprint density at radius 3 is 2.40 bits per heavy atom. The molecule has 0 radical (unpaired) electrons. The van der Waals surface area contributed by atoms with E-state index in [-0.39, 0.29) is 5.57 Å². The van der Waals surface area contributed by atoms with Crippen molar-refractivity contribution in [1.82, 2.24) is 5.32 Å². The van der Waals surface area contributed by atoms with E-state index in [4.69, 9.17) is 11.6 Å². The number of hydrogen-bond acceptors (Lipinski definition) is 3. The van der Waals surface area contributed by atoms with Crippen LogP contribution in [0.15, 0.2) is 52.5 Å². The van der Waals surface area contributed by atoms with Gasteiger partial charge in [0, 0.05) is 9.50 Å². The zero-order valence-corrected chi connectivity index (χ0v) is 15.4. The summed E-state index contributed by atoms with van der Waals surface area (Å²) in [5, 5.41) is 2.61. The van der Waals surface area contributed by atoms with Crippen LogP contribution in [0.25, 0.3) is 6.08 Å². The van der Waals surface area contributed by atoms with Crippen molar-refractivity contribution < 1.29 is 14.4 Å². The number of rotatable bonds is 2. The average Bonchev–Trinajstić information content (AvgIpc) is 2.56. The number of benzene rings is 2. The predicted molar refractivity (Wildman–Crippen MR) is 99.3 cm³/mol. The molecule has 0 saturated carbocycles. The number of nitrogens with zero attached hydrogens (tertiary/aromatic N) is 1. The molecule has 5 nitrogen and oxygen atoms in total. The van der Waals surface area contributed by atoms with Gasteiger partial charge in [-0.3, -0.25) is 14.9 Å². The Morgan fingerprint density at radius 1 is 1.08 bits per heavy atom. The van der Waals surface area contributed by atoms with Gasteiger partial charge in [0.2, 0.25) is 0 Å². The second-order valence-corrected chi connectivity index (χ2v) is 6.77. The molecule has 1 N–H and O–H groups in total. The largest absolute Gasteiger partial charge is 0.335 e. The molecule has 25 heavy (non-hydrogen) atoms. The number of hydrogen-bond donors (Lipinski definition) is 1. The third-order valence-electron chi connectivity index (χ3n) is 3.70. The van der Waals surface area contributed by atoms with Crippen molar-refractivity contribution in [3.63, 3.8) is 0 Å². The standard InChI is InChI=1S/C18H12BrClN2O3/c1-10-2-7-13(9-15(10)20)22-17(24)14(16(23)21-18(22)25)8-11-3-5-12(19)6-4-11/h2-9H,1H3,(H,21,23,25)/b14-8-. The Bertz CT molecular complexity index is 922. The number of aryl methyl sites for hydroxylation is 1. The number of imide groups is 2. The number of halogens is 2. The predicted octanol–water partition coefficient (Wildman–Crippen LogP) is 4.08. The van der Waals surface area contributed by atoms with Gasteiger partial charge in [-0.1, -0.05) is 45.7 Å². The van der Waals surface area contributed by atoms with E-state index in [1.54, 1.807) is 36.4 Å². The molecule has 1 aliphatic rings. The topological polar surface area (TPSA) is 66.5 Å². The molecule has 2 aromatic rings. The summed E-state index contributed by atoms with van der Waals surface area (Å²) in [5.41, 5.74) is 1.65. The minimum atomic E-state index is -0.803. The number of carbonyl (C=O) groups excluding carboxylic acids is 3. The van der Waals surface area contributed by atoms with Gasteiger partial charge in [-0.15, -0.1) is 0 Å². The van der Waals surface area contributed by atoms with Crippen LogP contribution >= 0.6 is 27.5 Å². The van der Waals surface area contributed by atoms with E-state index in [9.17, 15) is 14.4 Å². The van der Waals surface area contributed by atoms with Crippen molar-refractivity contribution in [3.8, 4) is 0 Å². The molecule has 0 aromatic heterocycles. The van der Waals surface area contributed by atoms with Crippen molar-refractivity contribution in [3.05, 3.63) is 68.7 Å². The van der Waals surface area contributed by atoms with Crippen molar-refractivity contribution >= 4 is 57.1 Å². The summed E-state index contributed by atoms with van der Waals surface area (Å²) in [6.45, 7) is 1.81. The monoisotopic (exact) mass is 418 g/mol. The highest BCUT2D eigenvalue weighted by molar-refractivity contribution is 9.10. The van der Waals surface area contributed by atoms with E-state index >= 15 is 0 Å². The molecule has 0 spiro atoms. The minimum absolute atomic E-state index is 0.126. The molecule has 2 aromatic carbocycles. The first-order valence-electron chi connectivity index (χ1n) is 7.30. The van der Waals surface area contributed by atoms with Gasteiger partial charge in [0.1, 0.15) is 5.57 Å². The van der Waals surface area contributed by atoms with E-state index in [1.807, 2.05) is 6.92 Å². The van der Waals surface area contributed by atoms with Crippen molar-refractivity contribution in [2.24, 2.45) is 0 Å². The molecule has 0 bridgehead atoms. The lowest BCUT2D eigenvalue weighted by Crippen LogP contribution is -2.54. The number of anilines is 1. The van der Waals surface area contributed by atoms with Crippen LogP contribution < -0.4 is 10.2 Å². The molecule has 7 heteroatoms. The average molecular weight is 420 g/mol. The van der Waals surface area contributed by atoms with Crippen LogP contribution in [0.2, 0.25) is 5.02 Å². The van der Waals surface area contributed by atoms with Gasteiger partial charge in [0.25, 0.3) is 11.8 Å². The maximum absolute atomic E-state index is 12.7. The second-order valence-electron chi connectivity index (χ2n) is 5.44. The number of urea groups is 1. The molecular weight excluding hydrogens is 408 g/mol. The first kappa shape index (κ1) is 17.4. The van der Waals surface area contributed by atoms with Crippen LogP contribution in [0.4, 0.5) is 10.5 Å². The van der Waals surface area contributed by atoms with Crippen molar-refractivity contribution in [2.75, 3.05) is 4.90 Å². The number of barbiturate groups is 1. The summed E-state index contributed by atoms with van der Waals surface area (Å²) in [5.74, 6) is -1.43. The fourth-order valence-corrected chi connectivity index (χ4v) is 2.78. The lowest BCUT2D eigenvalue weighted by molar-refractivity contribution is -0.122. The van der Waals surface area contributed by atoms with Crippen LogP contribution in [-0.4, -0.2) is 17.8 Å². The Morgan fingerprint density at radius 2 is 1.76 bits per heavy atom. The summed E-state index contributed by atoms with van der Waals surface area (Å²) < 4.78 is 0.875. The van der Waals surface area contributed by atoms with Gasteiger partial charge in [-0.25, -0.2) is 9.69 Å². The van der Waals surface area contributed by atoms with E-state index < -0.39 is 17.8 Å². The van der Waals surface area contributed by atoms with E-state index in [0.717, 1.165) is 14.9 Å². The molecular formula is C18H12BrClN2O3. The van der Waals surface area contributed by atoms with Gasteiger partial charge in [0.05, 0.1) is 5.69 Å². The summed E-state index contributed by atoms with van der Waals surface area (Å²) in [7, 11) is 0. The quantitative estimate of drug-likeness (QED) is 0.589. The second kappa shape index (κ2) is 6.82. The van der Waals surface area contributed by atoms with Gasteiger partial charge < -0.3 is 0 Å². The Kier molecular flexibility index (Phi) is 4.74. The highest BCUT2D eigenvalue weighted by Gasteiger charge is 2.36. The molecule has 0 atom stereocenters. The molecule has 3 rings (SSSR count). The maximum Gasteiger partial charge on any atom is 0.335 e. The van der Waals surface area contributed by atoms with E-state index in [1.165, 1.54) is 12.1 Å². The normalized spacial score (nSPS) is 16.4. The molecule has 0 unspecified atom stereocenters. The zero-order chi connectivity index (χ0) is 18.1. The fraction of sp³-hybridized carbons (Fsp3) is 0.0556. The first-order chi connectivity index (χ1) is 11.9. The van der Waals surface area contributed by atoms with Gasteiger partial charge in [0.15, 0.2) is 0 Å². The van der Waals surface area contributed by atoms with Crippen molar-refractivity contribution in [2.45, 2.75) is 6.92 Å². The van der Waals surface area contributed by atoms with Gasteiger partial charge in [-0.05, 0) is 48.4 Å². The zero-order valence-electron chi connectivity index (χ0n) is 13.0. The van der Waals surface area contributed by atoms with Crippen LogP contribution in [0.1, 0.15) is 11.1 Å². The SMILES string of the molecule is Cc1ccc(N2C(=O)NC(=O)/C(=C/c3ccc(Br)cc3)C2=O)cc1Cl. The lowest BCUT2D eigenvalue weighted by Gasteiger charge is -2.26. The Labute approximate surface area is 157 Å². The summed E-state index contributed by atoms with van der Waals surface area (Å²) >= 11 is 9.41. The fourth-order valence-electron chi connectivity index (χ4n) is 2.34. The number of nitrogens with one attached hydrogen (secondary N) is 1. The smallest absolute Gasteiger partial charge is 0.273 e. The third kappa shape index (κ3) is 3.50. The minimum Gasteiger partial charge on any atom is -0.273 e. The first-order valence-corrected chi connectivity index (χ1v) is 8.47. The number of carbonyl (C=O) groups is 3. The molecule has 0 aliphatic carbocycles. The van der Waals surface area contributed by atoms with Crippen LogP contribution in [0.3, 0.4) is 0 Å². The molecule has 4 amide bonds. The molecule has 1 saturated heterocycles. The highest BCUT2D eigenvalue weighted by Crippen LogP contribution is 2.26. The number of amides is 4. The maximum atomic E-state index is 12.7.